The van der Waals surface area contributed by atoms with Gasteiger partial charge in [-0.1, -0.05) is 18.5 Å². The lowest BCUT2D eigenvalue weighted by atomic mass is 10.0. The predicted octanol–water partition coefficient (Wildman–Crippen LogP) is 2.31. The fourth-order valence-corrected chi connectivity index (χ4v) is 2.64. The van der Waals surface area contributed by atoms with Crippen molar-refractivity contribution in [3.05, 3.63) is 29.0 Å². The van der Waals surface area contributed by atoms with E-state index in [-0.39, 0.29) is 5.92 Å². The third kappa shape index (κ3) is 2.11. The molecule has 0 amide bonds. The lowest BCUT2D eigenvalue weighted by molar-refractivity contribution is 0.187. The van der Waals surface area contributed by atoms with Crippen LogP contribution >= 0.6 is 11.6 Å². The molecular formula is C13H16ClN3O. The molecule has 2 N–H and O–H groups in total. The minimum atomic E-state index is 0.288. The number of imidazole rings is 1. The van der Waals surface area contributed by atoms with E-state index in [0.717, 1.165) is 35.0 Å². The highest BCUT2D eigenvalue weighted by Gasteiger charge is 2.31. The number of hydrogen-bond acceptors (Lipinski definition) is 3. The molecule has 1 fully saturated rings. The van der Waals surface area contributed by atoms with Crippen molar-refractivity contribution in [1.82, 2.24) is 15.3 Å². The number of halogens is 1. The third-order valence-electron chi connectivity index (χ3n) is 3.36. The molecule has 3 rings (SSSR count). The van der Waals surface area contributed by atoms with Gasteiger partial charge < -0.3 is 15.0 Å². The van der Waals surface area contributed by atoms with Gasteiger partial charge >= 0.3 is 0 Å². The van der Waals surface area contributed by atoms with Crippen LogP contribution in [0.1, 0.15) is 18.7 Å². The Morgan fingerprint density at radius 3 is 3.22 bits per heavy atom. The second-order valence-corrected chi connectivity index (χ2v) is 5.03. The Balaban J connectivity index is 1.93. The van der Waals surface area contributed by atoms with Gasteiger partial charge in [0.15, 0.2) is 0 Å². The van der Waals surface area contributed by atoms with Crippen molar-refractivity contribution in [3.63, 3.8) is 0 Å². The third-order valence-corrected chi connectivity index (χ3v) is 3.60. The average Bonchev–Trinajstić information content (AvgIpc) is 2.94. The molecular weight excluding hydrogens is 250 g/mol. The number of benzene rings is 1. The van der Waals surface area contributed by atoms with Crippen LogP contribution in [0, 0.1) is 0 Å². The van der Waals surface area contributed by atoms with Gasteiger partial charge in [0.05, 0.1) is 30.2 Å². The second kappa shape index (κ2) is 4.88. The zero-order valence-electron chi connectivity index (χ0n) is 10.2. The maximum atomic E-state index is 5.98. The Morgan fingerprint density at radius 1 is 1.50 bits per heavy atom. The molecule has 2 atom stereocenters. The summed E-state index contributed by atoms with van der Waals surface area (Å²) in [5, 5.41) is 4.16. The first-order valence-electron chi connectivity index (χ1n) is 6.24. The number of fused-ring (bicyclic) bond motifs is 1. The summed E-state index contributed by atoms with van der Waals surface area (Å²) >= 11 is 5.98. The van der Waals surface area contributed by atoms with Gasteiger partial charge in [0.25, 0.3) is 0 Å². The van der Waals surface area contributed by atoms with E-state index < -0.39 is 0 Å². The van der Waals surface area contributed by atoms with E-state index in [1.165, 1.54) is 0 Å². The van der Waals surface area contributed by atoms with Gasteiger partial charge in [-0.3, -0.25) is 0 Å². The van der Waals surface area contributed by atoms with Crippen LogP contribution in [0.2, 0.25) is 5.02 Å². The molecule has 4 nitrogen and oxygen atoms in total. The molecule has 1 aliphatic rings. The average molecular weight is 266 g/mol. The molecule has 96 valence electrons. The quantitative estimate of drug-likeness (QED) is 0.895. The topological polar surface area (TPSA) is 49.9 Å². The Labute approximate surface area is 111 Å². The zero-order valence-corrected chi connectivity index (χ0v) is 11.0. The molecule has 2 aromatic rings. The molecule has 2 unspecified atom stereocenters. The summed E-state index contributed by atoms with van der Waals surface area (Å²) in [6.07, 6.45) is 0. The number of likely N-dealkylation sites (N-methyl/N-ethyl adjacent to an activating group) is 1. The lowest BCUT2D eigenvalue weighted by Gasteiger charge is -2.15. The fraction of sp³-hybridized carbons (Fsp3) is 0.462. The van der Waals surface area contributed by atoms with Crippen molar-refractivity contribution in [2.75, 3.05) is 19.8 Å². The number of hydrogen-bond donors (Lipinski definition) is 2. The number of nitrogens with zero attached hydrogens (tertiary/aromatic N) is 1. The van der Waals surface area contributed by atoms with Gasteiger partial charge in [-0.2, -0.15) is 0 Å². The smallest absolute Gasteiger partial charge is 0.114 e. The van der Waals surface area contributed by atoms with Crippen LogP contribution in [0.25, 0.3) is 11.0 Å². The van der Waals surface area contributed by atoms with Gasteiger partial charge in [0.2, 0.25) is 0 Å². The molecule has 18 heavy (non-hydrogen) atoms. The molecule has 0 bridgehead atoms. The van der Waals surface area contributed by atoms with E-state index in [1.807, 2.05) is 18.2 Å². The number of nitrogens with one attached hydrogen (secondary N) is 2. The van der Waals surface area contributed by atoms with E-state index in [0.29, 0.717) is 12.6 Å². The number of ether oxygens (including phenoxy) is 1. The number of rotatable bonds is 3. The van der Waals surface area contributed by atoms with E-state index in [4.69, 9.17) is 16.3 Å². The van der Waals surface area contributed by atoms with Gasteiger partial charge in [0, 0.05) is 11.1 Å². The van der Waals surface area contributed by atoms with E-state index in [2.05, 4.69) is 22.2 Å². The number of H-pyrrole nitrogens is 1. The van der Waals surface area contributed by atoms with Gasteiger partial charge in [-0.05, 0) is 24.7 Å². The Kier molecular flexibility index (Phi) is 3.24. The van der Waals surface area contributed by atoms with E-state index >= 15 is 0 Å². The molecule has 2 heterocycles. The van der Waals surface area contributed by atoms with Gasteiger partial charge in [-0.15, -0.1) is 0 Å². The highest BCUT2D eigenvalue weighted by atomic mass is 35.5. The molecule has 0 saturated carbocycles. The predicted molar refractivity (Wildman–Crippen MR) is 72.1 cm³/mol. The summed E-state index contributed by atoms with van der Waals surface area (Å²) in [7, 11) is 0. The first-order chi connectivity index (χ1) is 8.78. The molecule has 1 saturated heterocycles. The summed E-state index contributed by atoms with van der Waals surface area (Å²) < 4.78 is 5.55. The van der Waals surface area contributed by atoms with Gasteiger partial charge in [0.1, 0.15) is 5.82 Å². The zero-order chi connectivity index (χ0) is 12.5. The minimum absolute atomic E-state index is 0.288. The van der Waals surface area contributed by atoms with Crippen molar-refractivity contribution < 1.29 is 4.74 Å². The fourth-order valence-electron chi connectivity index (χ4n) is 2.46. The first-order valence-corrected chi connectivity index (χ1v) is 6.62. The van der Waals surface area contributed by atoms with E-state index in [9.17, 15) is 0 Å². The Morgan fingerprint density at radius 2 is 2.39 bits per heavy atom. The van der Waals surface area contributed by atoms with E-state index in [1.54, 1.807) is 0 Å². The Hall–Kier alpha value is -1.10. The van der Waals surface area contributed by atoms with Crippen LogP contribution in [-0.4, -0.2) is 35.8 Å². The molecule has 1 aromatic heterocycles. The lowest BCUT2D eigenvalue weighted by Crippen LogP contribution is -2.34. The van der Waals surface area contributed by atoms with Crippen molar-refractivity contribution >= 4 is 22.6 Å². The molecule has 0 radical (unpaired) electrons. The normalized spacial score (nSPS) is 23.9. The van der Waals surface area contributed by atoms with Crippen LogP contribution < -0.4 is 5.32 Å². The van der Waals surface area contributed by atoms with Crippen LogP contribution in [0.4, 0.5) is 0 Å². The molecule has 1 aliphatic heterocycles. The Bertz CT molecular complexity index is 554. The van der Waals surface area contributed by atoms with Crippen LogP contribution in [-0.2, 0) is 4.74 Å². The second-order valence-electron chi connectivity index (χ2n) is 4.59. The van der Waals surface area contributed by atoms with Crippen LogP contribution in [0.15, 0.2) is 18.2 Å². The summed E-state index contributed by atoms with van der Waals surface area (Å²) in [6.45, 7) is 4.51. The first kappa shape index (κ1) is 12.0. The van der Waals surface area contributed by atoms with Crippen molar-refractivity contribution in [2.24, 2.45) is 0 Å². The molecule has 1 aromatic carbocycles. The highest BCUT2D eigenvalue weighted by molar-refractivity contribution is 6.31. The molecule has 0 aliphatic carbocycles. The largest absolute Gasteiger partial charge is 0.379 e. The summed E-state index contributed by atoms with van der Waals surface area (Å²) in [6, 6.07) is 6.05. The monoisotopic (exact) mass is 265 g/mol. The van der Waals surface area contributed by atoms with Crippen LogP contribution in [0.5, 0.6) is 0 Å². The highest BCUT2D eigenvalue weighted by Crippen LogP contribution is 2.26. The summed E-state index contributed by atoms with van der Waals surface area (Å²) in [5.74, 6) is 1.27. The van der Waals surface area contributed by atoms with Gasteiger partial charge in [-0.25, -0.2) is 4.98 Å². The summed E-state index contributed by atoms with van der Waals surface area (Å²) in [4.78, 5) is 7.99. The number of aromatic amines is 1. The molecule has 5 heteroatoms. The maximum absolute atomic E-state index is 5.98. The standard InChI is InChI=1S/C13H16ClN3O/c1-2-15-12-7-18-6-9(12)13-16-10-4-3-8(14)5-11(10)17-13/h3-5,9,12,15H,2,6-7H2,1H3,(H,16,17). The maximum Gasteiger partial charge on any atom is 0.114 e. The SMILES string of the molecule is CCNC1COCC1c1nc2ccc(Cl)cc2[nH]1. The van der Waals surface area contributed by atoms with Crippen molar-refractivity contribution in [1.29, 1.82) is 0 Å². The summed E-state index contributed by atoms with van der Waals surface area (Å²) in [5.41, 5.74) is 1.94. The van der Waals surface area contributed by atoms with Crippen molar-refractivity contribution in [3.8, 4) is 0 Å². The van der Waals surface area contributed by atoms with Crippen LogP contribution in [0.3, 0.4) is 0 Å². The molecule has 0 spiro atoms. The minimum Gasteiger partial charge on any atom is -0.379 e. The number of aromatic nitrogens is 2. The van der Waals surface area contributed by atoms with Crippen molar-refractivity contribution in [2.45, 2.75) is 18.9 Å².